The number of amides is 2. The summed E-state index contributed by atoms with van der Waals surface area (Å²) in [5, 5.41) is 11.9. The van der Waals surface area contributed by atoms with Crippen molar-refractivity contribution in [1.29, 1.82) is 0 Å². The molecule has 2 amide bonds. The third kappa shape index (κ3) is 5.11. The summed E-state index contributed by atoms with van der Waals surface area (Å²) in [5.41, 5.74) is 0.563. The highest BCUT2D eigenvalue weighted by atomic mass is 16.2. The largest absolute Gasteiger partial charge is 0.351 e. The number of H-pyrrole nitrogens is 1. The van der Waals surface area contributed by atoms with Crippen LogP contribution in [0.3, 0.4) is 0 Å². The van der Waals surface area contributed by atoms with Crippen LogP contribution < -0.4 is 10.6 Å². The second-order valence-corrected chi connectivity index (χ2v) is 4.39. The van der Waals surface area contributed by atoms with Crippen molar-refractivity contribution in [3.05, 3.63) is 17.5 Å². The predicted octanol–water partition coefficient (Wildman–Crippen LogP) is 1.47. The van der Waals surface area contributed by atoms with Gasteiger partial charge in [-0.2, -0.15) is 5.10 Å². The minimum Gasteiger partial charge on any atom is -0.351 e. The number of carbonyl (C=O) groups excluding carboxylic acids is 2. The number of unbranched alkanes of at least 4 members (excludes halogenated alkanes) is 2. The Balaban J connectivity index is 2.46. The number of rotatable bonds is 8. The van der Waals surface area contributed by atoms with Crippen LogP contribution in [0.25, 0.3) is 0 Å². The van der Waals surface area contributed by atoms with Crippen LogP contribution in [0.1, 0.15) is 60.5 Å². The number of hydrogen-bond acceptors (Lipinski definition) is 3. The first-order valence-corrected chi connectivity index (χ1v) is 6.80. The highest BCUT2D eigenvalue weighted by Gasteiger charge is 2.13. The van der Waals surface area contributed by atoms with Gasteiger partial charge in [0.25, 0.3) is 11.8 Å². The van der Waals surface area contributed by atoms with Gasteiger partial charge in [0.2, 0.25) is 0 Å². The molecule has 3 N–H and O–H groups in total. The lowest BCUT2D eigenvalue weighted by atomic mass is 10.3. The molecular formula is C13H22N4O2. The van der Waals surface area contributed by atoms with E-state index in [4.69, 9.17) is 0 Å². The summed E-state index contributed by atoms with van der Waals surface area (Å²) in [6.45, 7) is 5.37. The molecule has 1 heterocycles. The second-order valence-electron chi connectivity index (χ2n) is 4.39. The van der Waals surface area contributed by atoms with Gasteiger partial charge in [0.1, 0.15) is 5.69 Å². The molecule has 0 spiro atoms. The summed E-state index contributed by atoms with van der Waals surface area (Å²) in [6.07, 6.45) is 3.91. The maximum Gasteiger partial charge on any atom is 0.271 e. The lowest BCUT2D eigenvalue weighted by Crippen LogP contribution is -2.25. The van der Waals surface area contributed by atoms with Crippen molar-refractivity contribution in [3.63, 3.8) is 0 Å². The number of hydrogen-bond donors (Lipinski definition) is 3. The topological polar surface area (TPSA) is 86.9 Å². The highest BCUT2D eigenvalue weighted by Crippen LogP contribution is 2.00. The first-order chi connectivity index (χ1) is 9.19. The van der Waals surface area contributed by atoms with Crippen molar-refractivity contribution in [1.82, 2.24) is 20.8 Å². The van der Waals surface area contributed by atoms with Crippen molar-refractivity contribution < 1.29 is 9.59 Å². The van der Waals surface area contributed by atoms with Crippen LogP contribution in [0.15, 0.2) is 6.07 Å². The van der Waals surface area contributed by atoms with E-state index >= 15 is 0 Å². The Bertz CT molecular complexity index is 378. The molecule has 0 aliphatic heterocycles. The molecule has 0 fully saturated rings. The molecule has 6 heteroatoms. The molecule has 0 aliphatic carbocycles. The van der Waals surface area contributed by atoms with Gasteiger partial charge in [-0.25, -0.2) is 0 Å². The molecule has 0 saturated carbocycles. The fraction of sp³-hybridized carbons (Fsp3) is 0.615. The van der Waals surface area contributed by atoms with E-state index < -0.39 is 0 Å². The first kappa shape index (κ1) is 15.2. The first-order valence-electron chi connectivity index (χ1n) is 6.80. The van der Waals surface area contributed by atoms with Crippen LogP contribution in [0.4, 0.5) is 0 Å². The van der Waals surface area contributed by atoms with Crippen molar-refractivity contribution in [3.8, 4) is 0 Å². The van der Waals surface area contributed by atoms with Crippen LogP contribution >= 0.6 is 0 Å². The minimum absolute atomic E-state index is 0.228. The second kappa shape index (κ2) is 8.29. The molecule has 6 nitrogen and oxygen atoms in total. The summed E-state index contributed by atoms with van der Waals surface area (Å²) in [4.78, 5) is 23.4. The summed E-state index contributed by atoms with van der Waals surface area (Å²) in [5.74, 6) is -0.481. The number of carbonyl (C=O) groups is 2. The molecule has 106 valence electrons. The molecule has 1 rings (SSSR count). The maximum absolute atomic E-state index is 11.7. The molecule has 0 atom stereocenters. The van der Waals surface area contributed by atoms with E-state index in [0.29, 0.717) is 18.8 Å². The van der Waals surface area contributed by atoms with Gasteiger partial charge >= 0.3 is 0 Å². The Morgan fingerprint density at radius 3 is 2.26 bits per heavy atom. The van der Waals surface area contributed by atoms with Crippen LogP contribution in [0.2, 0.25) is 0 Å². The Hall–Kier alpha value is -1.85. The summed E-state index contributed by atoms with van der Waals surface area (Å²) in [7, 11) is 0. The van der Waals surface area contributed by atoms with E-state index in [1.54, 1.807) is 0 Å². The van der Waals surface area contributed by atoms with E-state index in [9.17, 15) is 9.59 Å². The normalized spacial score (nSPS) is 10.2. The fourth-order valence-corrected chi connectivity index (χ4v) is 1.50. The molecule has 0 radical (unpaired) electrons. The number of nitrogens with one attached hydrogen (secondary N) is 3. The number of aromatic amines is 1. The Morgan fingerprint density at radius 1 is 1.11 bits per heavy atom. The molecule has 0 aliphatic rings. The lowest BCUT2D eigenvalue weighted by molar-refractivity contribution is 0.0942. The predicted molar refractivity (Wildman–Crippen MR) is 73.1 cm³/mol. The third-order valence-electron chi connectivity index (χ3n) is 2.69. The van der Waals surface area contributed by atoms with Crippen LogP contribution in [-0.2, 0) is 0 Å². The smallest absolute Gasteiger partial charge is 0.271 e. The van der Waals surface area contributed by atoms with Crippen molar-refractivity contribution in [2.75, 3.05) is 13.1 Å². The Labute approximate surface area is 113 Å². The quantitative estimate of drug-likeness (QED) is 0.623. The van der Waals surface area contributed by atoms with Gasteiger partial charge < -0.3 is 10.6 Å². The number of aromatic nitrogens is 2. The van der Waals surface area contributed by atoms with Gasteiger partial charge in [0, 0.05) is 19.2 Å². The molecule has 0 aromatic carbocycles. The Kier molecular flexibility index (Phi) is 6.63. The van der Waals surface area contributed by atoms with E-state index in [1.165, 1.54) is 6.07 Å². The molecule has 0 bridgehead atoms. The molecule has 0 unspecified atom stereocenters. The molecule has 19 heavy (non-hydrogen) atoms. The van der Waals surface area contributed by atoms with Crippen LogP contribution in [-0.4, -0.2) is 35.1 Å². The van der Waals surface area contributed by atoms with Gasteiger partial charge in [-0.05, 0) is 12.8 Å². The SMILES string of the molecule is CCCCNC(=O)c1cc(C(=O)NCCCC)[nH]n1. The van der Waals surface area contributed by atoms with Gasteiger partial charge in [-0.15, -0.1) is 0 Å². The van der Waals surface area contributed by atoms with E-state index in [1.807, 2.05) is 0 Å². The molecular weight excluding hydrogens is 244 g/mol. The van der Waals surface area contributed by atoms with Crippen LogP contribution in [0, 0.1) is 0 Å². The zero-order valence-electron chi connectivity index (χ0n) is 11.6. The van der Waals surface area contributed by atoms with Gasteiger partial charge in [0.15, 0.2) is 5.69 Å². The average Bonchev–Trinajstić information content (AvgIpc) is 2.89. The molecule has 1 aromatic rings. The summed E-state index contributed by atoms with van der Waals surface area (Å²) < 4.78 is 0. The average molecular weight is 266 g/mol. The van der Waals surface area contributed by atoms with Crippen molar-refractivity contribution in [2.45, 2.75) is 39.5 Å². The lowest BCUT2D eigenvalue weighted by Gasteiger charge is -2.01. The Morgan fingerprint density at radius 2 is 1.68 bits per heavy atom. The van der Waals surface area contributed by atoms with Gasteiger partial charge in [-0.3, -0.25) is 14.7 Å². The van der Waals surface area contributed by atoms with Gasteiger partial charge in [-0.1, -0.05) is 26.7 Å². The van der Waals surface area contributed by atoms with E-state index in [0.717, 1.165) is 25.7 Å². The summed E-state index contributed by atoms with van der Waals surface area (Å²) >= 11 is 0. The van der Waals surface area contributed by atoms with Crippen molar-refractivity contribution >= 4 is 11.8 Å². The fourth-order valence-electron chi connectivity index (χ4n) is 1.50. The minimum atomic E-state index is -0.252. The van der Waals surface area contributed by atoms with E-state index in [-0.39, 0.29) is 17.5 Å². The molecule has 1 aromatic heterocycles. The molecule has 0 saturated heterocycles. The van der Waals surface area contributed by atoms with Crippen LogP contribution in [0.5, 0.6) is 0 Å². The third-order valence-corrected chi connectivity index (χ3v) is 2.69. The highest BCUT2D eigenvalue weighted by molar-refractivity contribution is 5.97. The monoisotopic (exact) mass is 266 g/mol. The van der Waals surface area contributed by atoms with E-state index in [2.05, 4.69) is 34.7 Å². The van der Waals surface area contributed by atoms with Crippen molar-refractivity contribution in [2.24, 2.45) is 0 Å². The maximum atomic E-state index is 11.7. The summed E-state index contributed by atoms with van der Waals surface area (Å²) in [6, 6.07) is 1.47. The zero-order valence-corrected chi connectivity index (χ0v) is 11.6. The zero-order chi connectivity index (χ0) is 14.1. The van der Waals surface area contributed by atoms with Gasteiger partial charge in [0.05, 0.1) is 0 Å². The number of nitrogens with zero attached hydrogens (tertiary/aromatic N) is 1. The standard InChI is InChI=1S/C13H22N4O2/c1-3-5-7-14-12(18)10-9-11(17-16-10)13(19)15-8-6-4-2/h9H,3-8H2,1-2H3,(H,14,18)(H,15,19)(H,16,17).